The largest absolute Gasteiger partial charge is 0.395 e. The van der Waals surface area contributed by atoms with Crippen LogP contribution in [0.2, 0.25) is 0 Å². The molecule has 0 aliphatic carbocycles. The topological polar surface area (TPSA) is 50.9 Å². The van der Waals surface area contributed by atoms with Gasteiger partial charge in [-0.25, -0.2) is 4.39 Å². The number of aliphatic hydroxyl groups excluding tert-OH is 1. The maximum atomic E-state index is 13.6. The van der Waals surface area contributed by atoms with E-state index in [1.807, 2.05) is 24.6 Å². The normalized spacial score (nSPS) is 10.3. The zero-order valence-corrected chi connectivity index (χ0v) is 12.7. The average Bonchev–Trinajstić information content (AvgIpc) is 2.76. The molecule has 6 heteroatoms. The lowest BCUT2D eigenvalue weighted by atomic mass is 10.1. The summed E-state index contributed by atoms with van der Waals surface area (Å²) in [5, 5.41) is 17.5. The molecule has 1 N–H and O–H groups in total. The lowest BCUT2D eigenvalue weighted by Crippen LogP contribution is -1.94. The Morgan fingerprint density at radius 1 is 1.33 bits per heavy atom. The van der Waals surface area contributed by atoms with Crippen molar-refractivity contribution in [2.24, 2.45) is 7.05 Å². The molecular formula is C15H16FN3OS. The molecule has 2 aromatic rings. The van der Waals surface area contributed by atoms with Crippen molar-refractivity contribution in [3.8, 4) is 11.8 Å². The van der Waals surface area contributed by atoms with Gasteiger partial charge in [-0.2, -0.15) is 0 Å². The number of aryl methyl sites for hydroxylation is 1. The van der Waals surface area contributed by atoms with Crippen molar-refractivity contribution in [2.75, 3.05) is 6.61 Å². The zero-order valence-electron chi connectivity index (χ0n) is 11.9. The van der Waals surface area contributed by atoms with Crippen LogP contribution < -0.4 is 0 Å². The molecule has 0 saturated carbocycles. The summed E-state index contributed by atoms with van der Waals surface area (Å²) in [6.07, 6.45) is 0.388. The summed E-state index contributed by atoms with van der Waals surface area (Å²) in [5.74, 6) is 6.77. The molecule has 0 aliphatic rings. The van der Waals surface area contributed by atoms with Gasteiger partial charge in [0.1, 0.15) is 11.6 Å². The smallest absolute Gasteiger partial charge is 0.191 e. The molecule has 0 atom stereocenters. The molecule has 0 amide bonds. The first-order valence-electron chi connectivity index (χ1n) is 6.48. The monoisotopic (exact) mass is 305 g/mol. The number of thioether (sulfide) groups is 1. The number of nitrogens with zero attached hydrogens (tertiary/aromatic N) is 3. The quantitative estimate of drug-likeness (QED) is 0.695. The molecule has 0 spiro atoms. The summed E-state index contributed by atoms with van der Waals surface area (Å²) in [6, 6.07) is 4.74. The standard InChI is InChI=1S/C15H16FN3OS/c1-11-17-18-15(19(11)2)21-10-13-7-12(5-3-4-6-20)8-14(16)9-13/h7-9,20H,4,6,10H2,1-2H3. The number of hydrogen-bond acceptors (Lipinski definition) is 4. The minimum Gasteiger partial charge on any atom is -0.395 e. The lowest BCUT2D eigenvalue weighted by molar-refractivity contribution is 0.305. The maximum absolute atomic E-state index is 13.6. The minimum absolute atomic E-state index is 0.0105. The van der Waals surface area contributed by atoms with Gasteiger partial charge in [0.15, 0.2) is 5.16 Å². The Morgan fingerprint density at radius 3 is 2.81 bits per heavy atom. The van der Waals surface area contributed by atoms with Gasteiger partial charge in [-0.1, -0.05) is 23.6 Å². The van der Waals surface area contributed by atoms with Gasteiger partial charge in [0, 0.05) is 24.8 Å². The van der Waals surface area contributed by atoms with Crippen LogP contribution in [0.5, 0.6) is 0 Å². The molecule has 2 rings (SSSR count). The number of benzene rings is 1. The van der Waals surface area contributed by atoms with E-state index in [4.69, 9.17) is 5.11 Å². The van der Waals surface area contributed by atoms with Crippen molar-refractivity contribution in [1.29, 1.82) is 0 Å². The lowest BCUT2D eigenvalue weighted by Gasteiger charge is -2.03. The minimum atomic E-state index is -0.310. The van der Waals surface area contributed by atoms with Gasteiger partial charge in [0.05, 0.1) is 6.61 Å². The summed E-state index contributed by atoms with van der Waals surface area (Å²) >= 11 is 1.50. The highest BCUT2D eigenvalue weighted by Gasteiger charge is 2.07. The van der Waals surface area contributed by atoms with E-state index < -0.39 is 0 Å². The maximum Gasteiger partial charge on any atom is 0.191 e. The van der Waals surface area contributed by atoms with E-state index in [0.29, 0.717) is 17.7 Å². The molecule has 110 valence electrons. The molecule has 1 aromatic carbocycles. The van der Waals surface area contributed by atoms with Crippen LogP contribution in [-0.4, -0.2) is 26.5 Å². The molecule has 1 aromatic heterocycles. The molecule has 0 bridgehead atoms. The fourth-order valence-corrected chi connectivity index (χ4v) is 2.57. The van der Waals surface area contributed by atoms with Gasteiger partial charge in [0.25, 0.3) is 0 Å². The fourth-order valence-electron chi connectivity index (χ4n) is 1.69. The van der Waals surface area contributed by atoms with Crippen LogP contribution in [0.4, 0.5) is 4.39 Å². The van der Waals surface area contributed by atoms with E-state index in [2.05, 4.69) is 22.0 Å². The van der Waals surface area contributed by atoms with Gasteiger partial charge in [-0.3, -0.25) is 0 Å². The summed E-state index contributed by atoms with van der Waals surface area (Å²) in [4.78, 5) is 0. The molecule has 0 radical (unpaired) electrons. The molecule has 21 heavy (non-hydrogen) atoms. The fraction of sp³-hybridized carbons (Fsp3) is 0.333. The van der Waals surface area contributed by atoms with Crippen molar-refractivity contribution in [1.82, 2.24) is 14.8 Å². The third-order valence-electron chi connectivity index (χ3n) is 2.85. The van der Waals surface area contributed by atoms with Crippen LogP contribution in [0.15, 0.2) is 23.4 Å². The Kier molecular flexibility index (Phi) is 5.37. The van der Waals surface area contributed by atoms with Crippen molar-refractivity contribution in [2.45, 2.75) is 24.3 Å². The highest BCUT2D eigenvalue weighted by Crippen LogP contribution is 2.22. The van der Waals surface area contributed by atoms with Crippen molar-refractivity contribution >= 4 is 11.8 Å². The van der Waals surface area contributed by atoms with E-state index >= 15 is 0 Å². The van der Waals surface area contributed by atoms with E-state index in [1.54, 1.807) is 0 Å². The molecule has 1 heterocycles. The first kappa shape index (κ1) is 15.5. The van der Waals surface area contributed by atoms with Crippen molar-refractivity contribution in [3.05, 3.63) is 41.0 Å². The van der Waals surface area contributed by atoms with Crippen LogP contribution in [0, 0.1) is 24.6 Å². The molecule has 4 nitrogen and oxygen atoms in total. The average molecular weight is 305 g/mol. The summed E-state index contributed by atoms with van der Waals surface area (Å²) in [6.45, 7) is 1.89. The second-order valence-electron chi connectivity index (χ2n) is 4.50. The number of halogens is 1. The van der Waals surface area contributed by atoms with Gasteiger partial charge in [-0.05, 0) is 30.7 Å². The molecule has 0 aliphatic heterocycles. The van der Waals surface area contributed by atoms with Crippen LogP contribution >= 0.6 is 11.8 Å². The number of rotatable bonds is 4. The Hall–Kier alpha value is -1.84. The molecule has 0 fully saturated rings. The Balaban J connectivity index is 2.10. The number of aliphatic hydroxyl groups is 1. The Bertz CT molecular complexity index is 688. The first-order valence-corrected chi connectivity index (χ1v) is 7.46. The number of aromatic nitrogens is 3. The van der Waals surface area contributed by atoms with Gasteiger partial charge < -0.3 is 9.67 Å². The highest BCUT2D eigenvalue weighted by atomic mass is 32.2. The SMILES string of the molecule is Cc1nnc(SCc2cc(F)cc(C#CCCO)c2)n1C. The van der Waals surface area contributed by atoms with E-state index in [9.17, 15) is 4.39 Å². The van der Waals surface area contributed by atoms with Gasteiger partial charge in [-0.15, -0.1) is 10.2 Å². The summed E-state index contributed by atoms with van der Waals surface area (Å²) in [5.41, 5.74) is 1.46. The highest BCUT2D eigenvalue weighted by molar-refractivity contribution is 7.98. The third-order valence-corrected chi connectivity index (χ3v) is 3.94. The second kappa shape index (κ2) is 7.25. The Morgan fingerprint density at radius 2 is 2.14 bits per heavy atom. The predicted molar refractivity (Wildman–Crippen MR) is 80.3 cm³/mol. The summed E-state index contributed by atoms with van der Waals surface area (Å²) in [7, 11) is 1.90. The van der Waals surface area contributed by atoms with Gasteiger partial charge in [0.2, 0.25) is 0 Å². The predicted octanol–water partition coefficient (Wildman–Crippen LogP) is 2.29. The van der Waals surface area contributed by atoms with Crippen LogP contribution in [0.1, 0.15) is 23.4 Å². The van der Waals surface area contributed by atoms with Crippen LogP contribution in [0.25, 0.3) is 0 Å². The van der Waals surface area contributed by atoms with E-state index in [0.717, 1.165) is 16.5 Å². The second-order valence-corrected chi connectivity index (χ2v) is 5.44. The van der Waals surface area contributed by atoms with E-state index in [1.165, 1.54) is 23.9 Å². The van der Waals surface area contributed by atoms with Crippen LogP contribution in [-0.2, 0) is 12.8 Å². The Labute approximate surface area is 127 Å². The molecule has 0 unspecified atom stereocenters. The van der Waals surface area contributed by atoms with Crippen molar-refractivity contribution < 1.29 is 9.50 Å². The third kappa shape index (κ3) is 4.31. The number of hydrogen-bond donors (Lipinski definition) is 1. The zero-order chi connectivity index (χ0) is 15.2. The van der Waals surface area contributed by atoms with Crippen LogP contribution in [0.3, 0.4) is 0 Å². The summed E-state index contributed by atoms with van der Waals surface area (Å²) < 4.78 is 15.5. The first-order chi connectivity index (χ1) is 10.1. The van der Waals surface area contributed by atoms with Gasteiger partial charge >= 0.3 is 0 Å². The van der Waals surface area contributed by atoms with E-state index in [-0.39, 0.29) is 12.4 Å². The van der Waals surface area contributed by atoms with Crippen molar-refractivity contribution in [3.63, 3.8) is 0 Å². The molecular weight excluding hydrogens is 289 g/mol. The molecule has 0 saturated heterocycles.